The molecule has 0 N–H and O–H groups in total. The zero-order valence-corrected chi connectivity index (χ0v) is 20.7. The van der Waals surface area contributed by atoms with Crippen LogP contribution in [0.25, 0.3) is 0 Å². The molecule has 0 aromatic carbocycles. The van der Waals surface area contributed by atoms with Gasteiger partial charge in [-0.2, -0.15) is 0 Å². The van der Waals surface area contributed by atoms with Gasteiger partial charge in [-0.05, 0) is 6.92 Å². The van der Waals surface area contributed by atoms with Crippen molar-refractivity contribution in [3.05, 3.63) is 0 Å². The number of alkyl halides is 11. The number of halogens is 11. The van der Waals surface area contributed by atoms with E-state index in [1.807, 2.05) is 0 Å². The van der Waals surface area contributed by atoms with E-state index in [-0.39, 0.29) is 0 Å². The van der Waals surface area contributed by atoms with Crippen LogP contribution in [0.3, 0.4) is 0 Å². The van der Waals surface area contributed by atoms with Crippen molar-refractivity contribution in [2.75, 3.05) is 39.6 Å². The van der Waals surface area contributed by atoms with Crippen LogP contribution in [0, 0.1) is 0 Å². The molecular weight excluding hydrogens is 596 g/mol. The van der Waals surface area contributed by atoms with E-state index in [2.05, 4.69) is 13.5 Å². The summed E-state index contributed by atoms with van der Waals surface area (Å²) >= 11 is 0. The van der Waals surface area contributed by atoms with Gasteiger partial charge in [0, 0.05) is 0 Å². The molecule has 0 aromatic rings. The number of hydrogen-bond acceptors (Lipinski definition) is 9. The van der Waals surface area contributed by atoms with Gasteiger partial charge in [0.05, 0.1) is 6.61 Å². The lowest BCUT2D eigenvalue weighted by atomic mass is 10.5. The van der Waals surface area contributed by atoms with Crippen molar-refractivity contribution >= 4 is 23.0 Å². The Bertz CT molecular complexity index is 668. The largest absolute Gasteiger partial charge is 0.349 e. The fraction of sp³-hybridized carbons (Fsp3) is 1.00. The van der Waals surface area contributed by atoms with E-state index in [1.165, 1.54) is 0 Å². The molecule has 23 heteroatoms. The average Bonchev–Trinajstić information content (AvgIpc) is 2.76. The minimum Gasteiger partial charge on any atom is -0.303 e. The fourth-order valence-corrected chi connectivity index (χ4v) is 11.3. The first kappa shape index (κ1) is 33.7. The molecule has 0 amide bonds. The summed E-state index contributed by atoms with van der Waals surface area (Å²) in [5, 5.41) is 0. The molecule has 216 valence electrons. The summed E-state index contributed by atoms with van der Waals surface area (Å²) in [6.45, 7) is -8.47. The van der Waals surface area contributed by atoms with Crippen molar-refractivity contribution in [1.82, 2.24) is 0 Å². The van der Waals surface area contributed by atoms with Crippen molar-refractivity contribution in [3.63, 3.8) is 0 Å². The van der Waals surface area contributed by atoms with E-state index >= 15 is 0 Å². The lowest BCUT2D eigenvalue weighted by Gasteiger charge is -2.33. The van der Waals surface area contributed by atoms with Crippen LogP contribution in [-0.4, -0.2) is 77.9 Å². The molecule has 0 bridgehead atoms. The molecule has 0 aliphatic carbocycles. The SMILES string of the molecule is CC(F)COP1(OCC(F)F)=NP(OCC(F)F)(OCC(F)F)=NP(OCC(F)F)(OCC(F)F)=N1. The Balaban J connectivity index is 3.92. The third-order valence-corrected chi connectivity index (χ3v) is 11.3. The van der Waals surface area contributed by atoms with Crippen LogP contribution < -0.4 is 0 Å². The first-order valence-electron chi connectivity index (χ1n) is 9.45. The topological polar surface area (TPSA) is 92.5 Å². The summed E-state index contributed by atoms with van der Waals surface area (Å²) in [7, 11) is -15.0. The van der Waals surface area contributed by atoms with Gasteiger partial charge in [0.1, 0.15) is 39.2 Å². The molecule has 0 saturated carbocycles. The van der Waals surface area contributed by atoms with Gasteiger partial charge in [0.15, 0.2) is 0 Å². The normalized spacial score (nSPS) is 22.2. The van der Waals surface area contributed by atoms with E-state index in [1.54, 1.807) is 0 Å². The Morgan fingerprint density at radius 1 is 0.417 bits per heavy atom. The first-order chi connectivity index (χ1) is 16.6. The quantitative estimate of drug-likeness (QED) is 0.116. The van der Waals surface area contributed by atoms with Gasteiger partial charge in [-0.1, -0.05) is 0 Å². The van der Waals surface area contributed by atoms with E-state index in [4.69, 9.17) is 27.1 Å². The van der Waals surface area contributed by atoms with Crippen molar-refractivity contribution in [2.24, 2.45) is 13.5 Å². The third-order valence-electron chi connectivity index (χ3n) is 2.99. The second-order valence-corrected chi connectivity index (χ2v) is 12.9. The molecule has 0 fully saturated rings. The summed E-state index contributed by atoms with van der Waals surface area (Å²) in [4.78, 5) is 0. The molecule has 1 aliphatic rings. The van der Waals surface area contributed by atoms with Gasteiger partial charge in [0.25, 0.3) is 32.1 Å². The highest BCUT2D eigenvalue weighted by Crippen LogP contribution is 2.80. The summed E-state index contributed by atoms with van der Waals surface area (Å²) in [5.74, 6) is 0. The molecule has 1 heterocycles. The molecular formula is C13H21F11N3O6P3. The zero-order valence-electron chi connectivity index (χ0n) is 18.0. The minimum absolute atomic E-state index is 0.879. The van der Waals surface area contributed by atoms with Gasteiger partial charge in [-0.15, -0.1) is 13.5 Å². The zero-order chi connectivity index (χ0) is 27.6. The van der Waals surface area contributed by atoms with Crippen LogP contribution in [0.1, 0.15) is 6.92 Å². The highest BCUT2D eigenvalue weighted by molar-refractivity contribution is 7.78. The van der Waals surface area contributed by atoms with Crippen LogP contribution in [-0.2, 0) is 27.1 Å². The Morgan fingerprint density at radius 3 is 0.778 bits per heavy atom. The van der Waals surface area contributed by atoms with Crippen molar-refractivity contribution in [1.29, 1.82) is 0 Å². The summed E-state index contributed by atoms with van der Waals surface area (Å²) < 4.78 is 182. The van der Waals surface area contributed by atoms with Gasteiger partial charge < -0.3 is 27.1 Å². The molecule has 1 aliphatic heterocycles. The average molecular weight is 617 g/mol. The maximum Gasteiger partial charge on any atom is 0.349 e. The summed E-state index contributed by atoms with van der Waals surface area (Å²) in [6.07, 6.45) is -18.6. The molecule has 2 atom stereocenters. The van der Waals surface area contributed by atoms with Crippen LogP contribution in [0.2, 0.25) is 0 Å². The molecule has 36 heavy (non-hydrogen) atoms. The third kappa shape index (κ3) is 12.5. The van der Waals surface area contributed by atoms with Crippen LogP contribution in [0.5, 0.6) is 0 Å². The Labute approximate surface area is 197 Å². The van der Waals surface area contributed by atoms with E-state index < -0.39 is 101 Å². The number of rotatable bonds is 18. The smallest absolute Gasteiger partial charge is 0.303 e. The van der Waals surface area contributed by atoms with E-state index in [0.717, 1.165) is 6.92 Å². The van der Waals surface area contributed by atoms with Gasteiger partial charge in [-0.3, -0.25) is 0 Å². The number of hydrogen-bond donors (Lipinski definition) is 0. The Morgan fingerprint density at radius 2 is 0.611 bits per heavy atom. The molecule has 0 radical (unpaired) electrons. The monoisotopic (exact) mass is 617 g/mol. The maximum absolute atomic E-state index is 13.5. The van der Waals surface area contributed by atoms with E-state index in [9.17, 15) is 48.3 Å². The predicted molar refractivity (Wildman–Crippen MR) is 104 cm³/mol. The van der Waals surface area contributed by atoms with E-state index in [0.29, 0.717) is 0 Å². The standard InChI is InChI=1S/C13H21F11N3O6P3/c1-8(14)2-28-34(29-3-9(15)16)25-35(30-4-10(17)18,31-5-11(19)20)27-36(26-34,32-6-12(21)22)33-7-13(23)24/h8-13H,2-7H2,1H3. The fourth-order valence-electron chi connectivity index (χ4n) is 1.87. The predicted octanol–water partition coefficient (Wildman–Crippen LogP) is 7.62. The Hall–Kier alpha value is -0.320. The first-order valence-corrected chi connectivity index (χ1v) is 14.0. The molecule has 1 rings (SSSR count). The maximum atomic E-state index is 13.5. The molecule has 2 unspecified atom stereocenters. The summed E-state index contributed by atoms with van der Waals surface area (Å²) in [6, 6.07) is 0. The lowest BCUT2D eigenvalue weighted by Crippen LogP contribution is -2.14. The van der Waals surface area contributed by atoms with Crippen LogP contribution >= 0.6 is 23.0 Å². The van der Waals surface area contributed by atoms with Gasteiger partial charge >= 0.3 is 23.0 Å². The van der Waals surface area contributed by atoms with Crippen LogP contribution in [0.15, 0.2) is 13.5 Å². The second-order valence-electron chi connectivity index (χ2n) is 6.25. The van der Waals surface area contributed by atoms with Gasteiger partial charge in [-0.25, -0.2) is 48.3 Å². The highest BCUT2D eigenvalue weighted by Gasteiger charge is 2.45. The number of nitrogens with zero attached hydrogens (tertiary/aromatic N) is 3. The van der Waals surface area contributed by atoms with Crippen LogP contribution in [0.4, 0.5) is 48.3 Å². The molecule has 0 spiro atoms. The van der Waals surface area contributed by atoms with Crippen molar-refractivity contribution in [2.45, 2.75) is 45.2 Å². The second kappa shape index (κ2) is 15.3. The highest BCUT2D eigenvalue weighted by atomic mass is 31.3. The van der Waals surface area contributed by atoms with Gasteiger partial charge in [0.2, 0.25) is 0 Å². The lowest BCUT2D eigenvalue weighted by molar-refractivity contribution is 0.0499. The van der Waals surface area contributed by atoms with Crippen molar-refractivity contribution in [3.8, 4) is 0 Å². The summed E-state index contributed by atoms with van der Waals surface area (Å²) in [5.41, 5.74) is 0. The molecule has 0 saturated heterocycles. The molecule has 9 nitrogen and oxygen atoms in total. The minimum atomic E-state index is -5.04. The molecule has 0 aromatic heterocycles. The Kier molecular flexibility index (Phi) is 14.3. The van der Waals surface area contributed by atoms with Crippen molar-refractivity contribution < 1.29 is 75.4 Å².